The summed E-state index contributed by atoms with van der Waals surface area (Å²) >= 11 is 0. The molecule has 0 aliphatic rings. The van der Waals surface area contributed by atoms with E-state index in [4.69, 9.17) is 9.97 Å². The number of aryl methyl sites for hydroxylation is 2. The van der Waals surface area contributed by atoms with Crippen molar-refractivity contribution in [1.82, 2.24) is 9.97 Å². The van der Waals surface area contributed by atoms with Gasteiger partial charge in [-0.25, -0.2) is 0 Å². The topological polar surface area (TPSA) is 32.3 Å². The molecule has 0 N–H and O–H groups in total. The van der Waals surface area contributed by atoms with E-state index in [9.17, 15) is 0 Å². The van der Waals surface area contributed by atoms with Gasteiger partial charge in [-0.1, -0.05) is 24.3 Å². The van der Waals surface area contributed by atoms with E-state index < -0.39 is 0 Å². The predicted molar refractivity (Wildman–Crippen MR) is 120 cm³/mol. The standard InChI is InChI=1S/C22H24N4.ClH/c1-13-11-19(25(3)4)17-9-8-16-15(21(17)23-13)7-10-18-20(26(5)6)12-14(2)24-22(16)18;/h7-12H,1-6H3;1H. The summed E-state index contributed by atoms with van der Waals surface area (Å²) in [6.45, 7) is 4.11. The van der Waals surface area contributed by atoms with Gasteiger partial charge >= 0.3 is 0 Å². The molecule has 2 heterocycles. The lowest BCUT2D eigenvalue weighted by atomic mass is 10.00. The summed E-state index contributed by atoms with van der Waals surface area (Å²) in [4.78, 5) is 14.0. The van der Waals surface area contributed by atoms with Crippen molar-refractivity contribution in [2.45, 2.75) is 13.8 Å². The average molecular weight is 381 g/mol. The lowest BCUT2D eigenvalue weighted by Crippen LogP contribution is -2.10. The van der Waals surface area contributed by atoms with Crippen molar-refractivity contribution >= 4 is 56.4 Å². The maximum atomic E-state index is 4.87. The maximum Gasteiger partial charge on any atom is 0.0805 e. The van der Waals surface area contributed by atoms with Gasteiger partial charge in [0.15, 0.2) is 0 Å². The summed E-state index contributed by atoms with van der Waals surface area (Å²) in [5.74, 6) is 0. The minimum Gasteiger partial charge on any atom is -0.377 e. The number of hydrogen-bond acceptors (Lipinski definition) is 4. The number of fused-ring (bicyclic) bond motifs is 5. The zero-order valence-corrected chi connectivity index (χ0v) is 17.5. The molecule has 0 aliphatic heterocycles. The normalized spacial score (nSPS) is 11.0. The number of nitrogens with zero attached hydrogens (tertiary/aromatic N) is 4. The molecule has 4 aromatic rings. The number of pyridine rings is 2. The molecule has 0 spiro atoms. The summed E-state index contributed by atoms with van der Waals surface area (Å²) in [6, 6.07) is 13.0. The van der Waals surface area contributed by atoms with Crippen LogP contribution in [0.3, 0.4) is 0 Å². The molecule has 0 radical (unpaired) electrons. The van der Waals surface area contributed by atoms with Crippen molar-refractivity contribution in [3.8, 4) is 0 Å². The summed E-state index contributed by atoms with van der Waals surface area (Å²) in [5.41, 5.74) is 6.53. The van der Waals surface area contributed by atoms with E-state index in [1.807, 2.05) is 0 Å². The van der Waals surface area contributed by atoms with Gasteiger partial charge in [0.1, 0.15) is 0 Å². The predicted octanol–water partition coefficient (Wildman–Crippen LogP) is 5.11. The molecule has 0 atom stereocenters. The second kappa shape index (κ2) is 6.86. The van der Waals surface area contributed by atoms with Crippen molar-refractivity contribution in [2.75, 3.05) is 38.0 Å². The summed E-state index contributed by atoms with van der Waals surface area (Å²) in [6.07, 6.45) is 0. The zero-order valence-electron chi connectivity index (χ0n) is 16.7. The average Bonchev–Trinajstić information content (AvgIpc) is 2.59. The number of hydrogen-bond donors (Lipinski definition) is 0. The fourth-order valence-corrected chi connectivity index (χ4v) is 3.74. The Kier molecular flexibility index (Phi) is 4.87. The Labute approximate surface area is 166 Å². The number of rotatable bonds is 2. The molecular weight excluding hydrogens is 356 g/mol. The summed E-state index contributed by atoms with van der Waals surface area (Å²) in [5, 5.41) is 4.66. The molecule has 4 nitrogen and oxygen atoms in total. The molecule has 2 aromatic carbocycles. The molecule has 0 saturated carbocycles. The van der Waals surface area contributed by atoms with E-state index in [-0.39, 0.29) is 12.4 Å². The molecule has 0 amide bonds. The van der Waals surface area contributed by atoms with E-state index >= 15 is 0 Å². The van der Waals surface area contributed by atoms with Crippen LogP contribution in [0.2, 0.25) is 0 Å². The molecule has 0 aliphatic carbocycles. The molecule has 2 aromatic heterocycles. The zero-order chi connectivity index (χ0) is 18.6. The SMILES string of the molecule is Cc1cc(N(C)C)c2ccc3c(ccc4c(N(C)C)cc(C)nc43)c2n1.Cl. The van der Waals surface area contributed by atoms with Crippen LogP contribution < -0.4 is 9.80 Å². The highest BCUT2D eigenvalue weighted by Gasteiger charge is 2.14. The van der Waals surface area contributed by atoms with Gasteiger partial charge in [0.2, 0.25) is 0 Å². The molecule has 0 bridgehead atoms. The highest BCUT2D eigenvalue weighted by molar-refractivity contribution is 6.18. The van der Waals surface area contributed by atoms with E-state index in [1.165, 1.54) is 22.1 Å². The van der Waals surface area contributed by atoms with Gasteiger partial charge in [-0.15, -0.1) is 12.4 Å². The van der Waals surface area contributed by atoms with Crippen LogP contribution in [0.15, 0.2) is 36.4 Å². The molecule has 0 saturated heterocycles. The molecule has 5 heteroatoms. The second-order valence-corrected chi connectivity index (χ2v) is 7.37. The third kappa shape index (κ3) is 3.04. The van der Waals surface area contributed by atoms with Gasteiger partial charge < -0.3 is 9.80 Å². The fourth-order valence-electron chi connectivity index (χ4n) is 3.74. The first-order chi connectivity index (χ1) is 12.4. The lowest BCUT2D eigenvalue weighted by Gasteiger charge is -2.19. The Balaban J connectivity index is 0.00000210. The van der Waals surface area contributed by atoms with Crippen LogP contribution in [0.1, 0.15) is 11.4 Å². The van der Waals surface area contributed by atoms with Crippen LogP contribution in [0, 0.1) is 13.8 Å². The first-order valence-electron chi connectivity index (χ1n) is 8.86. The summed E-state index contributed by atoms with van der Waals surface area (Å²) < 4.78 is 0. The number of benzene rings is 2. The van der Waals surface area contributed by atoms with Crippen LogP contribution in [0.4, 0.5) is 11.4 Å². The van der Waals surface area contributed by atoms with E-state index in [1.54, 1.807) is 0 Å². The van der Waals surface area contributed by atoms with E-state index in [0.717, 1.165) is 33.2 Å². The Morgan fingerprint density at radius 2 is 0.926 bits per heavy atom. The molecule has 27 heavy (non-hydrogen) atoms. The molecule has 0 fully saturated rings. The van der Waals surface area contributed by atoms with Crippen LogP contribution in [-0.2, 0) is 0 Å². The van der Waals surface area contributed by atoms with Crippen LogP contribution in [0.25, 0.3) is 32.6 Å². The highest BCUT2D eigenvalue weighted by Crippen LogP contribution is 2.36. The van der Waals surface area contributed by atoms with Gasteiger partial charge in [0.05, 0.1) is 11.0 Å². The van der Waals surface area contributed by atoms with Crippen LogP contribution in [0.5, 0.6) is 0 Å². The van der Waals surface area contributed by atoms with Crippen LogP contribution in [-0.4, -0.2) is 38.2 Å². The van der Waals surface area contributed by atoms with Crippen molar-refractivity contribution in [3.63, 3.8) is 0 Å². The number of aromatic nitrogens is 2. The van der Waals surface area contributed by atoms with Gasteiger partial charge in [-0.3, -0.25) is 9.97 Å². The largest absolute Gasteiger partial charge is 0.377 e. The van der Waals surface area contributed by atoms with Gasteiger partial charge in [0.25, 0.3) is 0 Å². The number of anilines is 2. The minimum absolute atomic E-state index is 0. The van der Waals surface area contributed by atoms with Crippen molar-refractivity contribution in [2.24, 2.45) is 0 Å². The van der Waals surface area contributed by atoms with Crippen LogP contribution >= 0.6 is 12.4 Å². The van der Waals surface area contributed by atoms with E-state index in [2.05, 4.69) is 88.2 Å². The van der Waals surface area contributed by atoms with Crippen molar-refractivity contribution in [1.29, 1.82) is 0 Å². The molecular formula is C22H25ClN4. The third-order valence-corrected chi connectivity index (χ3v) is 4.93. The number of halogens is 1. The Hall–Kier alpha value is -2.59. The monoisotopic (exact) mass is 380 g/mol. The summed E-state index contributed by atoms with van der Waals surface area (Å²) in [7, 11) is 8.31. The Morgan fingerprint density at radius 1 is 0.593 bits per heavy atom. The molecule has 0 unspecified atom stereocenters. The first-order valence-corrected chi connectivity index (χ1v) is 8.86. The fraction of sp³-hybridized carbons (Fsp3) is 0.273. The highest BCUT2D eigenvalue weighted by atomic mass is 35.5. The van der Waals surface area contributed by atoms with Gasteiger partial charge in [0, 0.05) is 72.5 Å². The molecule has 140 valence electrons. The first kappa shape index (κ1) is 19.2. The Morgan fingerprint density at radius 3 is 1.26 bits per heavy atom. The van der Waals surface area contributed by atoms with Crippen molar-refractivity contribution < 1.29 is 0 Å². The smallest absolute Gasteiger partial charge is 0.0805 e. The second-order valence-electron chi connectivity index (χ2n) is 7.37. The minimum atomic E-state index is 0. The third-order valence-electron chi connectivity index (χ3n) is 4.93. The Bertz CT molecular complexity index is 1070. The quantitative estimate of drug-likeness (QED) is 0.452. The molecule has 4 rings (SSSR count). The maximum absolute atomic E-state index is 4.87. The lowest BCUT2D eigenvalue weighted by molar-refractivity contribution is 1.12. The van der Waals surface area contributed by atoms with Crippen molar-refractivity contribution in [3.05, 3.63) is 47.8 Å². The van der Waals surface area contributed by atoms with Gasteiger partial charge in [-0.2, -0.15) is 0 Å². The van der Waals surface area contributed by atoms with E-state index in [0.29, 0.717) is 0 Å². The van der Waals surface area contributed by atoms with Gasteiger partial charge in [-0.05, 0) is 26.0 Å².